The van der Waals surface area contributed by atoms with Crippen molar-refractivity contribution in [3.8, 4) is 0 Å². The molecule has 2 rings (SSSR count). The van der Waals surface area contributed by atoms with Crippen LogP contribution in [-0.2, 0) is 4.79 Å². The summed E-state index contributed by atoms with van der Waals surface area (Å²) < 4.78 is 0. The highest BCUT2D eigenvalue weighted by molar-refractivity contribution is 6.35. The molecule has 4 heteroatoms. The van der Waals surface area contributed by atoms with Crippen LogP contribution in [0.5, 0.6) is 0 Å². The topological polar surface area (TPSA) is 41.8 Å². The molecule has 66 valence electrons. The van der Waals surface area contributed by atoms with Crippen LogP contribution < -0.4 is 0 Å². The lowest BCUT2D eigenvalue weighted by molar-refractivity contribution is -0.118. The maximum absolute atomic E-state index is 11.4. The summed E-state index contributed by atoms with van der Waals surface area (Å²) in [6, 6.07) is 0. The Morgan fingerprint density at radius 3 is 3.00 bits per heavy atom. The van der Waals surface area contributed by atoms with Gasteiger partial charge in [-0.05, 0) is 19.1 Å². The number of carbonyl (C=O) groups is 1. The van der Waals surface area contributed by atoms with Gasteiger partial charge in [0.25, 0.3) is 5.91 Å². The lowest BCUT2D eigenvalue weighted by Gasteiger charge is -2.16. The van der Waals surface area contributed by atoms with Gasteiger partial charge < -0.3 is 0 Å². The third kappa shape index (κ3) is 1.47. The fourth-order valence-corrected chi connectivity index (χ4v) is 1.50. The first-order chi connectivity index (χ1) is 6.16. The van der Waals surface area contributed by atoms with Crippen LogP contribution in [0.25, 0.3) is 0 Å². The fourth-order valence-electron chi connectivity index (χ4n) is 1.32. The molecule has 0 spiro atoms. The molecule has 3 nitrogen and oxygen atoms in total. The minimum Gasteiger partial charge on any atom is -0.271 e. The van der Waals surface area contributed by atoms with E-state index in [-0.39, 0.29) is 11.8 Å². The van der Waals surface area contributed by atoms with Crippen molar-refractivity contribution in [1.82, 2.24) is 0 Å². The zero-order valence-corrected chi connectivity index (χ0v) is 7.75. The standard InChI is InChI=1S/C9H7ClN2O/c1-5-11-8-4-6(10)2-3-7(8)9(13)12-5/h2-4,7H,1H3. The molecule has 2 aliphatic rings. The van der Waals surface area contributed by atoms with Crippen LogP contribution in [0.2, 0.25) is 0 Å². The Morgan fingerprint density at radius 2 is 2.23 bits per heavy atom. The third-order valence-electron chi connectivity index (χ3n) is 1.88. The number of amides is 1. The number of amidine groups is 1. The van der Waals surface area contributed by atoms with Crippen molar-refractivity contribution < 1.29 is 4.79 Å². The van der Waals surface area contributed by atoms with E-state index in [0.29, 0.717) is 16.6 Å². The normalized spacial score (nSPS) is 26.2. The van der Waals surface area contributed by atoms with E-state index in [0.717, 1.165) is 0 Å². The van der Waals surface area contributed by atoms with Gasteiger partial charge in [-0.3, -0.25) is 4.79 Å². The summed E-state index contributed by atoms with van der Waals surface area (Å²) in [5.41, 5.74) is 0.685. The quantitative estimate of drug-likeness (QED) is 0.579. The number of fused-ring (bicyclic) bond motifs is 1. The monoisotopic (exact) mass is 194 g/mol. The van der Waals surface area contributed by atoms with E-state index in [2.05, 4.69) is 9.98 Å². The molecule has 1 atom stereocenters. The van der Waals surface area contributed by atoms with E-state index >= 15 is 0 Å². The van der Waals surface area contributed by atoms with Gasteiger partial charge in [0, 0.05) is 5.03 Å². The lowest BCUT2D eigenvalue weighted by Crippen LogP contribution is -2.26. The van der Waals surface area contributed by atoms with Crippen LogP contribution in [-0.4, -0.2) is 17.5 Å². The van der Waals surface area contributed by atoms with Crippen molar-refractivity contribution in [2.75, 3.05) is 0 Å². The Balaban J connectivity index is 2.46. The summed E-state index contributed by atoms with van der Waals surface area (Å²) in [6.45, 7) is 1.70. The molecule has 0 saturated carbocycles. The molecule has 0 bridgehead atoms. The molecule has 0 N–H and O–H groups in total. The predicted molar refractivity (Wildman–Crippen MR) is 52.1 cm³/mol. The first-order valence-corrected chi connectivity index (χ1v) is 4.28. The van der Waals surface area contributed by atoms with Crippen molar-refractivity contribution in [1.29, 1.82) is 0 Å². The molecule has 1 aliphatic carbocycles. The van der Waals surface area contributed by atoms with Gasteiger partial charge in [-0.1, -0.05) is 17.7 Å². The van der Waals surface area contributed by atoms with Gasteiger partial charge in [-0.15, -0.1) is 0 Å². The van der Waals surface area contributed by atoms with Crippen molar-refractivity contribution in [2.24, 2.45) is 15.9 Å². The number of halogens is 1. The molecule has 1 aliphatic heterocycles. The molecular formula is C9H7ClN2O. The Hall–Kier alpha value is -1.22. The number of allylic oxidation sites excluding steroid dienone is 3. The maximum Gasteiger partial charge on any atom is 0.260 e. The molecule has 0 aromatic rings. The zero-order valence-electron chi connectivity index (χ0n) is 6.99. The van der Waals surface area contributed by atoms with Crippen molar-refractivity contribution in [2.45, 2.75) is 6.92 Å². The van der Waals surface area contributed by atoms with Gasteiger partial charge in [0.05, 0.1) is 5.71 Å². The average molecular weight is 195 g/mol. The second-order valence-electron chi connectivity index (χ2n) is 2.90. The van der Waals surface area contributed by atoms with Crippen LogP contribution in [0.15, 0.2) is 33.2 Å². The second-order valence-corrected chi connectivity index (χ2v) is 3.34. The molecular weight excluding hydrogens is 188 g/mol. The minimum atomic E-state index is -0.328. The van der Waals surface area contributed by atoms with Crippen LogP contribution >= 0.6 is 11.6 Å². The molecule has 0 aromatic carbocycles. The van der Waals surface area contributed by atoms with Crippen LogP contribution in [0.3, 0.4) is 0 Å². The number of hydrogen-bond acceptors (Lipinski definition) is 2. The number of carbonyl (C=O) groups excluding carboxylic acids is 1. The minimum absolute atomic E-state index is 0.167. The van der Waals surface area contributed by atoms with Crippen molar-refractivity contribution >= 4 is 29.1 Å². The van der Waals surface area contributed by atoms with E-state index < -0.39 is 0 Å². The molecule has 13 heavy (non-hydrogen) atoms. The first kappa shape index (κ1) is 8.38. The number of nitrogens with zero attached hydrogens (tertiary/aromatic N) is 2. The lowest BCUT2D eigenvalue weighted by atomic mass is 9.96. The summed E-state index contributed by atoms with van der Waals surface area (Å²) in [5.74, 6) is -0.00219. The third-order valence-corrected chi connectivity index (χ3v) is 2.12. The van der Waals surface area contributed by atoms with E-state index in [1.54, 1.807) is 25.2 Å². The van der Waals surface area contributed by atoms with Gasteiger partial charge >= 0.3 is 0 Å². The first-order valence-electron chi connectivity index (χ1n) is 3.90. The highest BCUT2D eigenvalue weighted by Crippen LogP contribution is 2.20. The summed E-state index contributed by atoms with van der Waals surface area (Å²) in [6.07, 6.45) is 5.11. The molecule has 0 saturated heterocycles. The summed E-state index contributed by atoms with van der Waals surface area (Å²) in [5, 5.41) is 0.595. The van der Waals surface area contributed by atoms with Gasteiger partial charge in [0.2, 0.25) is 0 Å². The Bertz CT molecular complexity index is 390. The molecule has 0 fully saturated rings. The highest BCUT2D eigenvalue weighted by atomic mass is 35.5. The van der Waals surface area contributed by atoms with E-state index in [1.807, 2.05) is 0 Å². The number of rotatable bonds is 0. The summed E-state index contributed by atoms with van der Waals surface area (Å²) in [7, 11) is 0. The summed E-state index contributed by atoms with van der Waals surface area (Å²) in [4.78, 5) is 19.3. The Kier molecular flexibility index (Phi) is 1.88. The molecule has 1 amide bonds. The molecule has 0 aromatic heterocycles. The molecule has 0 radical (unpaired) electrons. The SMILES string of the molecule is CC1=NC(=O)C2C=CC(Cl)=CC2=N1. The van der Waals surface area contributed by atoms with E-state index in [1.165, 1.54) is 0 Å². The zero-order chi connectivity index (χ0) is 9.42. The van der Waals surface area contributed by atoms with Gasteiger partial charge in [-0.2, -0.15) is 4.99 Å². The average Bonchev–Trinajstić information content (AvgIpc) is 2.02. The smallest absolute Gasteiger partial charge is 0.260 e. The summed E-state index contributed by atoms with van der Waals surface area (Å²) >= 11 is 5.77. The van der Waals surface area contributed by atoms with Gasteiger partial charge in [0.15, 0.2) is 0 Å². The van der Waals surface area contributed by atoms with Crippen molar-refractivity contribution in [3.05, 3.63) is 23.3 Å². The van der Waals surface area contributed by atoms with Crippen LogP contribution in [0.4, 0.5) is 0 Å². The largest absolute Gasteiger partial charge is 0.271 e. The number of hydrogen-bond donors (Lipinski definition) is 0. The van der Waals surface area contributed by atoms with Crippen LogP contribution in [0, 0.1) is 5.92 Å². The Labute approximate surface area is 80.5 Å². The fraction of sp³-hybridized carbons (Fsp3) is 0.222. The van der Waals surface area contributed by atoms with Crippen LogP contribution in [0.1, 0.15) is 6.92 Å². The van der Waals surface area contributed by atoms with E-state index in [4.69, 9.17) is 11.6 Å². The maximum atomic E-state index is 11.4. The molecule has 1 heterocycles. The van der Waals surface area contributed by atoms with Crippen molar-refractivity contribution in [3.63, 3.8) is 0 Å². The van der Waals surface area contributed by atoms with E-state index in [9.17, 15) is 4.79 Å². The molecule has 1 unspecified atom stereocenters. The highest BCUT2D eigenvalue weighted by Gasteiger charge is 2.26. The van der Waals surface area contributed by atoms with Gasteiger partial charge in [-0.25, -0.2) is 4.99 Å². The predicted octanol–water partition coefficient (Wildman–Crippen LogP) is 1.69. The second kappa shape index (κ2) is 2.92. The number of aliphatic imine (C=N–C) groups is 2. The Morgan fingerprint density at radius 1 is 1.46 bits per heavy atom. The van der Waals surface area contributed by atoms with Gasteiger partial charge in [0.1, 0.15) is 11.8 Å².